The fourth-order valence-corrected chi connectivity index (χ4v) is 4.41. The smallest absolute Gasteiger partial charge is 0.347 e. The first-order chi connectivity index (χ1) is 9.02. The molecule has 1 aromatic rings. The molecule has 0 bridgehead atoms. The molecule has 1 N–H and O–H groups in total. The van der Waals surface area contributed by atoms with Crippen molar-refractivity contribution in [2.45, 2.75) is 38.4 Å². The summed E-state index contributed by atoms with van der Waals surface area (Å²) in [4.78, 5) is 18.5. The van der Waals surface area contributed by atoms with Gasteiger partial charge in [-0.25, -0.2) is 9.78 Å². The molecule has 0 amide bonds. The monoisotopic (exact) mass is 300 g/mol. The predicted molar refractivity (Wildman–Crippen MR) is 81.9 cm³/mol. The standard InChI is InChI=1S/C13H20N2O2S2/c1-4-9-7-15(5-6-18-9)13-14-10(8(2)3)11(19-13)12(16)17/h8-9H,4-7H2,1-3H3,(H,16,17). The molecule has 6 heteroatoms. The molecule has 0 saturated carbocycles. The van der Waals surface area contributed by atoms with Crippen LogP contribution in [0.5, 0.6) is 0 Å². The third-order valence-electron chi connectivity index (χ3n) is 3.25. The van der Waals surface area contributed by atoms with E-state index in [9.17, 15) is 9.90 Å². The third kappa shape index (κ3) is 3.23. The SMILES string of the molecule is CCC1CN(c2nc(C(C)C)c(C(=O)O)s2)CCS1. The fourth-order valence-electron chi connectivity index (χ4n) is 2.14. The van der Waals surface area contributed by atoms with Crippen LogP contribution in [0.2, 0.25) is 0 Å². The lowest BCUT2D eigenvalue weighted by Gasteiger charge is -2.31. The maximum Gasteiger partial charge on any atom is 0.347 e. The molecule has 1 saturated heterocycles. The highest BCUT2D eigenvalue weighted by molar-refractivity contribution is 8.00. The van der Waals surface area contributed by atoms with Gasteiger partial charge in [-0.1, -0.05) is 32.1 Å². The van der Waals surface area contributed by atoms with Crippen LogP contribution < -0.4 is 4.90 Å². The highest BCUT2D eigenvalue weighted by atomic mass is 32.2. The molecule has 0 spiro atoms. The van der Waals surface area contributed by atoms with Gasteiger partial charge in [0.25, 0.3) is 0 Å². The second kappa shape index (κ2) is 6.13. The highest BCUT2D eigenvalue weighted by Gasteiger charge is 2.25. The van der Waals surface area contributed by atoms with Crippen molar-refractivity contribution in [2.75, 3.05) is 23.7 Å². The second-order valence-corrected chi connectivity index (χ2v) is 7.40. The molecule has 1 aliphatic rings. The normalized spacial score (nSPS) is 20.0. The molecular formula is C13H20N2O2S2. The van der Waals surface area contributed by atoms with E-state index in [4.69, 9.17) is 0 Å². The molecule has 4 nitrogen and oxygen atoms in total. The number of rotatable bonds is 4. The van der Waals surface area contributed by atoms with Gasteiger partial charge in [0, 0.05) is 24.1 Å². The van der Waals surface area contributed by atoms with Gasteiger partial charge in [0.2, 0.25) is 0 Å². The lowest BCUT2D eigenvalue weighted by molar-refractivity contribution is 0.0700. The van der Waals surface area contributed by atoms with Gasteiger partial charge in [-0.2, -0.15) is 11.8 Å². The van der Waals surface area contributed by atoms with E-state index < -0.39 is 5.97 Å². The Morgan fingerprint density at radius 3 is 2.84 bits per heavy atom. The van der Waals surface area contributed by atoms with Gasteiger partial charge >= 0.3 is 5.97 Å². The van der Waals surface area contributed by atoms with Gasteiger partial charge in [0.05, 0.1) is 5.69 Å². The summed E-state index contributed by atoms with van der Waals surface area (Å²) >= 11 is 3.33. The summed E-state index contributed by atoms with van der Waals surface area (Å²) in [5.41, 5.74) is 0.721. The maximum atomic E-state index is 11.3. The Labute approximate surface area is 122 Å². The van der Waals surface area contributed by atoms with Crippen molar-refractivity contribution >= 4 is 34.2 Å². The number of carbonyl (C=O) groups is 1. The van der Waals surface area contributed by atoms with Gasteiger partial charge in [-0.15, -0.1) is 0 Å². The number of aromatic nitrogens is 1. The Bertz CT molecular complexity index is 459. The minimum atomic E-state index is -0.856. The van der Waals surface area contributed by atoms with Gasteiger partial charge in [-0.05, 0) is 12.3 Å². The third-order valence-corrected chi connectivity index (χ3v) is 5.74. The van der Waals surface area contributed by atoms with Crippen LogP contribution >= 0.6 is 23.1 Å². The fraction of sp³-hybridized carbons (Fsp3) is 0.692. The van der Waals surface area contributed by atoms with E-state index in [0.717, 1.165) is 36.1 Å². The lowest BCUT2D eigenvalue weighted by atomic mass is 10.1. The summed E-state index contributed by atoms with van der Waals surface area (Å²) in [5, 5.41) is 10.8. The maximum absolute atomic E-state index is 11.3. The van der Waals surface area contributed by atoms with Crippen molar-refractivity contribution in [2.24, 2.45) is 0 Å². The van der Waals surface area contributed by atoms with E-state index in [2.05, 4.69) is 16.8 Å². The number of anilines is 1. The summed E-state index contributed by atoms with van der Waals surface area (Å²) < 4.78 is 0. The first kappa shape index (κ1) is 14.7. The Balaban J connectivity index is 2.25. The van der Waals surface area contributed by atoms with Crippen molar-refractivity contribution in [3.05, 3.63) is 10.6 Å². The molecule has 0 radical (unpaired) electrons. The van der Waals surface area contributed by atoms with Crippen LogP contribution in [0, 0.1) is 0 Å². The Morgan fingerprint density at radius 2 is 2.32 bits per heavy atom. The van der Waals surface area contributed by atoms with Crippen LogP contribution in [-0.2, 0) is 0 Å². The number of hydrogen-bond donors (Lipinski definition) is 1. The van der Waals surface area contributed by atoms with Crippen LogP contribution in [0.3, 0.4) is 0 Å². The molecule has 1 aromatic heterocycles. The quantitative estimate of drug-likeness (QED) is 0.924. The summed E-state index contributed by atoms with van der Waals surface area (Å²) in [6, 6.07) is 0. The summed E-state index contributed by atoms with van der Waals surface area (Å²) in [6.07, 6.45) is 1.15. The Morgan fingerprint density at radius 1 is 1.58 bits per heavy atom. The van der Waals surface area contributed by atoms with Gasteiger partial charge in [0.15, 0.2) is 5.13 Å². The minimum absolute atomic E-state index is 0.150. The summed E-state index contributed by atoms with van der Waals surface area (Å²) in [6.45, 7) is 8.13. The van der Waals surface area contributed by atoms with Crippen LogP contribution in [0.4, 0.5) is 5.13 Å². The Hall–Kier alpha value is -0.750. The van der Waals surface area contributed by atoms with Gasteiger partial charge in [-0.3, -0.25) is 0 Å². The topological polar surface area (TPSA) is 53.4 Å². The summed E-state index contributed by atoms with van der Waals surface area (Å²) in [5.74, 6) is 0.389. The number of nitrogens with zero attached hydrogens (tertiary/aromatic N) is 2. The number of thioether (sulfide) groups is 1. The number of thiazole rings is 1. The zero-order valence-corrected chi connectivity index (χ0v) is 13.2. The highest BCUT2D eigenvalue weighted by Crippen LogP contribution is 2.33. The van der Waals surface area contributed by atoms with E-state index in [0.29, 0.717) is 10.1 Å². The molecule has 106 valence electrons. The van der Waals surface area contributed by atoms with Crippen molar-refractivity contribution < 1.29 is 9.90 Å². The molecule has 0 aromatic carbocycles. The first-order valence-corrected chi connectivity index (χ1v) is 8.50. The number of carboxylic acids is 1. The minimum Gasteiger partial charge on any atom is -0.477 e. The zero-order chi connectivity index (χ0) is 14.0. The van der Waals surface area contributed by atoms with E-state index >= 15 is 0 Å². The van der Waals surface area contributed by atoms with E-state index in [1.165, 1.54) is 11.3 Å². The number of aromatic carboxylic acids is 1. The predicted octanol–water partition coefficient (Wildman–Crippen LogP) is 3.30. The van der Waals surface area contributed by atoms with Crippen molar-refractivity contribution in [1.29, 1.82) is 0 Å². The lowest BCUT2D eigenvalue weighted by Crippen LogP contribution is -2.37. The van der Waals surface area contributed by atoms with Crippen molar-refractivity contribution in [3.63, 3.8) is 0 Å². The van der Waals surface area contributed by atoms with E-state index in [1.54, 1.807) is 0 Å². The number of carboxylic acid groups (broad SMARTS) is 1. The average Bonchev–Trinajstić information content (AvgIpc) is 2.84. The summed E-state index contributed by atoms with van der Waals surface area (Å²) in [7, 11) is 0. The largest absolute Gasteiger partial charge is 0.477 e. The van der Waals surface area contributed by atoms with E-state index in [1.807, 2.05) is 25.6 Å². The molecule has 0 aliphatic carbocycles. The molecular weight excluding hydrogens is 280 g/mol. The van der Waals surface area contributed by atoms with Crippen LogP contribution in [0.15, 0.2) is 0 Å². The average molecular weight is 300 g/mol. The van der Waals surface area contributed by atoms with Gasteiger partial charge in [0.1, 0.15) is 4.88 Å². The van der Waals surface area contributed by atoms with Crippen LogP contribution in [0.25, 0.3) is 0 Å². The molecule has 1 unspecified atom stereocenters. The van der Waals surface area contributed by atoms with Crippen LogP contribution in [-0.4, -0.2) is 40.2 Å². The molecule has 1 aliphatic heterocycles. The zero-order valence-electron chi connectivity index (χ0n) is 11.5. The Kier molecular flexibility index (Phi) is 4.73. The molecule has 2 heterocycles. The van der Waals surface area contributed by atoms with Gasteiger partial charge < -0.3 is 10.0 Å². The van der Waals surface area contributed by atoms with Crippen molar-refractivity contribution in [1.82, 2.24) is 4.98 Å². The molecule has 1 fully saturated rings. The van der Waals surface area contributed by atoms with E-state index in [-0.39, 0.29) is 5.92 Å². The molecule has 2 rings (SSSR count). The molecule has 19 heavy (non-hydrogen) atoms. The molecule has 1 atom stereocenters. The van der Waals surface area contributed by atoms with Crippen molar-refractivity contribution in [3.8, 4) is 0 Å². The van der Waals surface area contributed by atoms with Crippen LogP contribution in [0.1, 0.15) is 48.5 Å². The second-order valence-electron chi connectivity index (χ2n) is 5.02. The first-order valence-electron chi connectivity index (χ1n) is 6.63. The number of hydrogen-bond acceptors (Lipinski definition) is 5.